The first-order valence-corrected chi connectivity index (χ1v) is 6.71. The molecule has 0 radical (unpaired) electrons. The largest absolute Gasteiger partial charge is 0.384 e. The summed E-state index contributed by atoms with van der Waals surface area (Å²) >= 11 is 0. The fraction of sp³-hybridized carbons (Fsp3) is 0.188. The van der Waals surface area contributed by atoms with Gasteiger partial charge in [-0.25, -0.2) is 0 Å². The summed E-state index contributed by atoms with van der Waals surface area (Å²) in [5.41, 5.74) is 6.99. The fourth-order valence-electron chi connectivity index (χ4n) is 2.20. The van der Waals surface area contributed by atoms with E-state index in [0.29, 0.717) is 5.56 Å². The third kappa shape index (κ3) is 2.50. The number of anilines is 2. The number of pyridine rings is 1. The van der Waals surface area contributed by atoms with Gasteiger partial charge in [0, 0.05) is 24.8 Å². The lowest BCUT2D eigenvalue weighted by atomic mass is 9.96. The van der Waals surface area contributed by atoms with Crippen molar-refractivity contribution >= 4 is 11.5 Å². The molecule has 1 aromatic heterocycles. The third-order valence-corrected chi connectivity index (χ3v) is 3.54. The van der Waals surface area contributed by atoms with E-state index >= 15 is 0 Å². The van der Waals surface area contributed by atoms with E-state index in [1.807, 2.05) is 43.1 Å². The van der Waals surface area contributed by atoms with Crippen molar-refractivity contribution in [1.82, 2.24) is 4.98 Å². The molecule has 0 bridgehead atoms. The van der Waals surface area contributed by atoms with E-state index in [1.54, 1.807) is 12.1 Å². The van der Waals surface area contributed by atoms with Crippen molar-refractivity contribution in [3.8, 4) is 23.3 Å². The van der Waals surface area contributed by atoms with Gasteiger partial charge in [-0.05, 0) is 24.6 Å². The normalized spacial score (nSPS) is 9.82. The van der Waals surface area contributed by atoms with Gasteiger partial charge in [-0.3, -0.25) is 4.79 Å². The number of benzene rings is 1. The number of hydrogen-bond acceptors (Lipinski definition) is 5. The maximum atomic E-state index is 11.9. The third-order valence-electron chi connectivity index (χ3n) is 3.54. The van der Waals surface area contributed by atoms with Gasteiger partial charge in [0.05, 0.1) is 0 Å². The number of nitrogen functional groups attached to an aromatic ring is 1. The maximum Gasteiger partial charge on any atom is 0.268 e. The zero-order chi connectivity index (χ0) is 16.3. The molecule has 0 aliphatic carbocycles. The van der Waals surface area contributed by atoms with Crippen LogP contribution in [-0.4, -0.2) is 18.6 Å². The molecule has 2 aromatic rings. The lowest BCUT2D eigenvalue weighted by Gasteiger charge is -2.17. The first-order chi connectivity index (χ1) is 10.5. The highest BCUT2D eigenvalue weighted by molar-refractivity contribution is 5.80. The number of nitrogens with one attached hydrogen (secondary N) is 1. The van der Waals surface area contributed by atoms with E-state index in [-0.39, 0.29) is 22.5 Å². The Kier molecular flexibility index (Phi) is 4.15. The van der Waals surface area contributed by atoms with E-state index in [1.165, 1.54) is 0 Å². The van der Waals surface area contributed by atoms with Crippen molar-refractivity contribution in [3.63, 3.8) is 0 Å². The molecule has 0 unspecified atom stereocenters. The van der Waals surface area contributed by atoms with Crippen molar-refractivity contribution in [2.45, 2.75) is 6.92 Å². The number of nitrogens with two attached hydrogens (primary N) is 1. The van der Waals surface area contributed by atoms with Crippen molar-refractivity contribution in [1.29, 1.82) is 10.5 Å². The minimum Gasteiger partial charge on any atom is -0.384 e. The van der Waals surface area contributed by atoms with Gasteiger partial charge < -0.3 is 15.6 Å². The van der Waals surface area contributed by atoms with Crippen molar-refractivity contribution < 1.29 is 0 Å². The van der Waals surface area contributed by atoms with Crippen LogP contribution in [0.25, 0.3) is 11.1 Å². The maximum absolute atomic E-state index is 11.9. The van der Waals surface area contributed by atoms with Crippen LogP contribution in [0, 0.1) is 22.7 Å². The van der Waals surface area contributed by atoms with Gasteiger partial charge in [-0.15, -0.1) is 0 Å². The van der Waals surface area contributed by atoms with Gasteiger partial charge >= 0.3 is 0 Å². The minimum atomic E-state index is -0.594. The number of hydrogen-bond donors (Lipinski definition) is 2. The molecule has 1 heterocycles. The summed E-state index contributed by atoms with van der Waals surface area (Å²) < 4.78 is 0. The van der Waals surface area contributed by atoms with Crippen LogP contribution in [0.15, 0.2) is 29.1 Å². The predicted octanol–water partition coefficient (Wildman–Crippen LogP) is 1.82. The van der Waals surface area contributed by atoms with Crippen molar-refractivity contribution in [2.24, 2.45) is 0 Å². The van der Waals surface area contributed by atoms with Gasteiger partial charge in [0.15, 0.2) is 0 Å². The van der Waals surface area contributed by atoms with Crippen LogP contribution in [0.1, 0.15) is 18.1 Å². The van der Waals surface area contributed by atoms with Gasteiger partial charge in [0.2, 0.25) is 0 Å². The molecule has 0 fully saturated rings. The summed E-state index contributed by atoms with van der Waals surface area (Å²) in [7, 11) is 1.96. The SMILES string of the molecule is CCN(C)c1ccc(-c2c(C#N)c(N)[nH]c(=O)c2C#N)cc1. The van der Waals surface area contributed by atoms with E-state index in [0.717, 1.165) is 12.2 Å². The Bertz CT molecular complexity index is 837. The summed E-state index contributed by atoms with van der Waals surface area (Å²) in [4.78, 5) is 16.3. The highest BCUT2D eigenvalue weighted by atomic mass is 16.1. The minimum absolute atomic E-state index is 0.0312. The summed E-state index contributed by atoms with van der Waals surface area (Å²) in [6, 6.07) is 11.1. The molecule has 0 amide bonds. The number of aromatic amines is 1. The Balaban J connectivity index is 2.70. The molecule has 110 valence electrons. The molecular formula is C16H15N5O. The Labute approximate surface area is 128 Å². The number of aromatic nitrogens is 1. The molecule has 22 heavy (non-hydrogen) atoms. The first-order valence-electron chi connectivity index (χ1n) is 6.71. The molecule has 6 heteroatoms. The topological polar surface area (TPSA) is 110 Å². The second-order valence-electron chi connectivity index (χ2n) is 4.78. The zero-order valence-electron chi connectivity index (χ0n) is 12.3. The second-order valence-corrected chi connectivity index (χ2v) is 4.78. The molecule has 3 N–H and O–H groups in total. The first kappa shape index (κ1) is 15.1. The van der Waals surface area contributed by atoms with E-state index in [9.17, 15) is 15.3 Å². The monoisotopic (exact) mass is 293 g/mol. The average Bonchev–Trinajstić information content (AvgIpc) is 2.53. The number of rotatable bonds is 3. The fourth-order valence-corrected chi connectivity index (χ4v) is 2.20. The van der Waals surface area contributed by atoms with Gasteiger partial charge in [0.25, 0.3) is 5.56 Å². The summed E-state index contributed by atoms with van der Waals surface area (Å²) in [5, 5.41) is 18.5. The Hall–Kier alpha value is -3.25. The number of H-pyrrole nitrogens is 1. The van der Waals surface area contributed by atoms with Gasteiger partial charge in [-0.1, -0.05) is 12.1 Å². The van der Waals surface area contributed by atoms with Crippen LogP contribution in [0.2, 0.25) is 0 Å². The van der Waals surface area contributed by atoms with Crippen LogP contribution in [0.5, 0.6) is 0 Å². The highest BCUT2D eigenvalue weighted by Gasteiger charge is 2.18. The smallest absolute Gasteiger partial charge is 0.268 e. The predicted molar refractivity (Wildman–Crippen MR) is 85.3 cm³/mol. The molecule has 0 aliphatic heterocycles. The van der Waals surface area contributed by atoms with E-state index in [4.69, 9.17) is 5.73 Å². The van der Waals surface area contributed by atoms with Crippen molar-refractivity contribution in [3.05, 3.63) is 45.7 Å². The average molecular weight is 293 g/mol. The molecule has 0 saturated heterocycles. The standard InChI is InChI=1S/C16H15N5O/c1-3-21(2)11-6-4-10(5-7-11)14-12(8-17)15(19)20-16(22)13(14)9-18/h4-7H,3H2,1-2H3,(H3,19,20,22). The van der Waals surface area contributed by atoms with Crippen LogP contribution < -0.4 is 16.2 Å². The van der Waals surface area contributed by atoms with Crippen molar-refractivity contribution in [2.75, 3.05) is 24.2 Å². The quantitative estimate of drug-likeness (QED) is 0.897. The lowest BCUT2D eigenvalue weighted by Crippen LogP contribution is -2.17. The van der Waals surface area contributed by atoms with Crippen LogP contribution in [0.4, 0.5) is 11.5 Å². The van der Waals surface area contributed by atoms with Crippen LogP contribution in [-0.2, 0) is 0 Å². The lowest BCUT2D eigenvalue weighted by molar-refractivity contribution is 0.968. The van der Waals surface area contributed by atoms with Crippen LogP contribution in [0.3, 0.4) is 0 Å². The molecule has 1 aromatic carbocycles. The highest BCUT2D eigenvalue weighted by Crippen LogP contribution is 2.29. The zero-order valence-corrected chi connectivity index (χ0v) is 12.3. The number of nitriles is 2. The van der Waals surface area contributed by atoms with Gasteiger partial charge in [-0.2, -0.15) is 10.5 Å². The molecular weight excluding hydrogens is 278 g/mol. The summed E-state index contributed by atoms with van der Waals surface area (Å²) in [6.07, 6.45) is 0. The molecule has 0 spiro atoms. The van der Waals surface area contributed by atoms with Crippen LogP contribution >= 0.6 is 0 Å². The van der Waals surface area contributed by atoms with E-state index in [2.05, 4.69) is 4.98 Å². The Morgan fingerprint density at radius 2 is 1.77 bits per heavy atom. The molecule has 0 aliphatic rings. The second kappa shape index (κ2) is 6.02. The van der Waals surface area contributed by atoms with E-state index < -0.39 is 5.56 Å². The molecule has 6 nitrogen and oxygen atoms in total. The summed E-state index contributed by atoms with van der Waals surface area (Å²) in [6.45, 7) is 2.89. The Morgan fingerprint density at radius 1 is 1.18 bits per heavy atom. The number of nitrogens with zero attached hydrogens (tertiary/aromatic N) is 3. The summed E-state index contributed by atoms with van der Waals surface area (Å²) in [5.74, 6) is -0.0312. The molecule has 0 saturated carbocycles. The van der Waals surface area contributed by atoms with Gasteiger partial charge in [0.1, 0.15) is 29.1 Å². The Morgan fingerprint density at radius 3 is 2.27 bits per heavy atom. The molecule has 0 atom stereocenters. The molecule has 2 rings (SSSR count).